The van der Waals surface area contributed by atoms with Crippen molar-refractivity contribution in [2.45, 2.75) is 6.10 Å². The van der Waals surface area contributed by atoms with E-state index in [9.17, 15) is 4.79 Å². The van der Waals surface area contributed by atoms with Crippen LogP contribution in [-0.4, -0.2) is 32.7 Å². The lowest BCUT2D eigenvalue weighted by molar-refractivity contribution is 0.0447. The van der Waals surface area contributed by atoms with E-state index in [1.165, 1.54) is 0 Å². The molecule has 4 nitrogen and oxygen atoms in total. The maximum Gasteiger partial charge on any atom is 0.220 e. The predicted octanol–water partition coefficient (Wildman–Crippen LogP) is 1.36. The molecule has 2 rings (SSSR count). The molecule has 1 aromatic carbocycles. The van der Waals surface area contributed by atoms with Crippen molar-refractivity contribution in [3.63, 3.8) is 0 Å². The minimum absolute atomic E-state index is 0.0119. The zero-order valence-corrected chi connectivity index (χ0v) is 10.6. The van der Waals surface area contributed by atoms with E-state index >= 15 is 0 Å². The quantitative estimate of drug-likeness (QED) is 0.670. The normalized spacial score (nSPS) is 18.2. The molecule has 0 radical (unpaired) electrons. The molecule has 0 bridgehead atoms. The summed E-state index contributed by atoms with van der Waals surface area (Å²) in [5.41, 5.74) is 0.512. The lowest BCUT2D eigenvalue weighted by Crippen LogP contribution is -2.32. The Hall–Kier alpha value is -0.950. The van der Waals surface area contributed by atoms with Crippen LogP contribution < -0.4 is 9.47 Å². The van der Waals surface area contributed by atoms with Gasteiger partial charge in [0.1, 0.15) is 6.61 Å². The van der Waals surface area contributed by atoms with E-state index in [0.29, 0.717) is 23.7 Å². The summed E-state index contributed by atoms with van der Waals surface area (Å²) in [6, 6.07) is 5.21. The Labute approximate surface area is 103 Å². The summed E-state index contributed by atoms with van der Waals surface area (Å²) in [5.74, 6) is 1.01. The molecular weight excluding hydrogens is 323 g/mol. The van der Waals surface area contributed by atoms with Crippen molar-refractivity contribution in [1.29, 1.82) is 0 Å². The number of carbonyl (C=O) groups is 1. The first-order valence-electron chi connectivity index (χ1n) is 4.72. The standard InChI is InChI=1S/C11H11IO4/c1-12-11(14)8-3-2-4-9-10(8)16-7(5-13)6-15-9/h2-4,7,13H,1,5-6H2. The molecule has 5 heteroatoms. The number of hydrogen-bond donors (Lipinski definition) is 1. The second kappa shape index (κ2) is 4.92. The van der Waals surface area contributed by atoms with Crippen molar-refractivity contribution in [2.24, 2.45) is 0 Å². The monoisotopic (exact) mass is 334 g/mol. The third-order valence-electron chi connectivity index (χ3n) is 2.22. The summed E-state index contributed by atoms with van der Waals surface area (Å²) in [4.78, 5) is 11.7. The number of carbonyl (C=O) groups excluding carboxylic acids is 1. The Morgan fingerprint density at radius 2 is 2.44 bits per heavy atom. The molecule has 1 N–H and O–H groups in total. The van der Waals surface area contributed by atoms with Crippen molar-refractivity contribution in [3.05, 3.63) is 23.8 Å². The van der Waals surface area contributed by atoms with Crippen molar-refractivity contribution in [1.82, 2.24) is 0 Å². The molecule has 1 aromatic rings. The summed E-state index contributed by atoms with van der Waals surface area (Å²) in [6.45, 7) is 0.183. The smallest absolute Gasteiger partial charge is 0.220 e. The summed E-state index contributed by atoms with van der Waals surface area (Å²) in [7, 11) is 0. The van der Waals surface area contributed by atoms with Gasteiger partial charge in [-0.05, 0) is 32.9 Å². The van der Waals surface area contributed by atoms with Gasteiger partial charge in [0, 0.05) is 0 Å². The number of ether oxygens (including phenoxy) is 2. The lowest BCUT2D eigenvalue weighted by atomic mass is 10.2. The minimum Gasteiger partial charge on any atom is -0.486 e. The highest BCUT2D eigenvalue weighted by atomic mass is 127. The second-order valence-electron chi connectivity index (χ2n) is 3.27. The number of para-hydroxylation sites is 1. The van der Waals surface area contributed by atoms with Crippen molar-refractivity contribution < 1.29 is 19.4 Å². The second-order valence-corrected chi connectivity index (χ2v) is 5.02. The fraction of sp³-hybridized carbons (Fsp3) is 0.273. The Morgan fingerprint density at radius 3 is 3.12 bits per heavy atom. The molecule has 0 aromatic heterocycles. The van der Waals surface area contributed by atoms with Gasteiger partial charge in [-0.2, -0.15) is 0 Å². The Morgan fingerprint density at radius 1 is 1.62 bits per heavy atom. The molecule has 1 atom stereocenters. The van der Waals surface area contributed by atoms with Gasteiger partial charge in [-0.25, -0.2) is 0 Å². The van der Waals surface area contributed by atoms with Crippen LogP contribution in [0.4, 0.5) is 0 Å². The third-order valence-corrected chi connectivity index (χ3v) is 3.50. The summed E-state index contributed by atoms with van der Waals surface area (Å²) < 4.78 is 14.6. The molecule has 0 saturated heterocycles. The number of fused-ring (bicyclic) bond motifs is 1. The number of aliphatic hydroxyl groups excluding tert-OH is 1. The van der Waals surface area contributed by atoms with Crippen LogP contribution in [0.1, 0.15) is 10.4 Å². The third kappa shape index (κ3) is 2.10. The zero-order valence-electron chi connectivity index (χ0n) is 8.48. The molecule has 1 unspecified atom stereocenters. The predicted molar refractivity (Wildman–Crippen MR) is 68.9 cm³/mol. The average Bonchev–Trinajstić information content (AvgIpc) is 2.36. The van der Waals surface area contributed by atoms with Crippen LogP contribution in [0.5, 0.6) is 11.5 Å². The molecule has 1 heterocycles. The lowest BCUT2D eigenvalue weighted by Gasteiger charge is -2.26. The van der Waals surface area contributed by atoms with Crippen LogP contribution in [0.2, 0.25) is 0 Å². The maximum atomic E-state index is 11.7. The van der Waals surface area contributed by atoms with Gasteiger partial charge in [0.25, 0.3) is 0 Å². The summed E-state index contributed by atoms with van der Waals surface area (Å²) >= 11 is -0.757. The molecule has 1 aliphatic heterocycles. The van der Waals surface area contributed by atoms with Crippen LogP contribution in [0.3, 0.4) is 0 Å². The van der Waals surface area contributed by atoms with Crippen LogP contribution in [0, 0.1) is 0 Å². The zero-order chi connectivity index (χ0) is 11.5. The van der Waals surface area contributed by atoms with E-state index in [1.807, 2.05) is 0 Å². The van der Waals surface area contributed by atoms with E-state index in [1.54, 1.807) is 18.2 Å². The van der Waals surface area contributed by atoms with E-state index < -0.39 is 26.8 Å². The van der Waals surface area contributed by atoms with Gasteiger partial charge in [-0.3, -0.25) is 4.79 Å². The molecule has 0 saturated carbocycles. The SMILES string of the molecule is C=IC(=O)c1cccc2c1OC(CO)CO2. The molecular formula is C11H11IO4. The largest absolute Gasteiger partial charge is 0.486 e. The number of rotatable bonds is 3. The van der Waals surface area contributed by atoms with Crippen molar-refractivity contribution in [2.75, 3.05) is 13.2 Å². The molecule has 0 spiro atoms. The van der Waals surface area contributed by atoms with Gasteiger partial charge >= 0.3 is 0 Å². The number of hydrogen-bond acceptors (Lipinski definition) is 4. The van der Waals surface area contributed by atoms with E-state index in [2.05, 4.69) is 4.51 Å². The molecule has 1 aliphatic rings. The summed E-state index contributed by atoms with van der Waals surface area (Å²) in [6.07, 6.45) is -0.399. The van der Waals surface area contributed by atoms with Gasteiger partial charge < -0.3 is 14.6 Å². The first kappa shape index (κ1) is 11.5. The number of aliphatic hydroxyl groups is 1. The fourth-order valence-electron chi connectivity index (χ4n) is 1.45. The molecule has 0 amide bonds. The van der Waals surface area contributed by atoms with Gasteiger partial charge in [0.15, 0.2) is 17.6 Å². The van der Waals surface area contributed by atoms with Crippen LogP contribution >= 0.6 is 20.7 Å². The first-order valence-corrected chi connectivity index (χ1v) is 7.32. The van der Waals surface area contributed by atoms with E-state index in [0.717, 1.165) is 0 Å². The first-order chi connectivity index (χ1) is 7.76. The molecule has 16 heavy (non-hydrogen) atoms. The average molecular weight is 334 g/mol. The number of benzene rings is 1. The van der Waals surface area contributed by atoms with E-state index in [-0.39, 0.29) is 10.4 Å². The van der Waals surface area contributed by atoms with Gasteiger partial charge in [0.05, 0.1) is 12.2 Å². The van der Waals surface area contributed by atoms with Gasteiger partial charge in [0.2, 0.25) is 3.79 Å². The van der Waals surface area contributed by atoms with Crippen LogP contribution in [-0.2, 0) is 0 Å². The minimum atomic E-state index is -0.757. The van der Waals surface area contributed by atoms with Crippen LogP contribution in [0.25, 0.3) is 0 Å². The van der Waals surface area contributed by atoms with Gasteiger partial charge in [-0.15, -0.1) is 0 Å². The Bertz CT molecular complexity index is 430. The topological polar surface area (TPSA) is 55.8 Å². The Kier molecular flexibility index (Phi) is 3.55. The van der Waals surface area contributed by atoms with Gasteiger partial charge in [-0.1, -0.05) is 10.6 Å². The molecule has 86 valence electrons. The highest BCUT2D eigenvalue weighted by Gasteiger charge is 2.24. The maximum absolute atomic E-state index is 11.7. The van der Waals surface area contributed by atoms with E-state index in [4.69, 9.17) is 14.6 Å². The Balaban J connectivity index is 2.41. The van der Waals surface area contributed by atoms with Crippen molar-refractivity contribution >= 4 is 29.0 Å². The van der Waals surface area contributed by atoms with Crippen molar-refractivity contribution in [3.8, 4) is 11.5 Å². The fourth-order valence-corrected chi connectivity index (χ4v) is 2.29. The highest BCUT2D eigenvalue weighted by Crippen LogP contribution is 2.36. The summed E-state index contributed by atoms with van der Waals surface area (Å²) in [5, 5.41) is 9.01. The molecule has 0 fully saturated rings. The molecule has 0 aliphatic carbocycles. The number of halogens is 1. The highest BCUT2D eigenvalue weighted by molar-refractivity contribution is 14.2. The van der Waals surface area contributed by atoms with Crippen LogP contribution in [0.15, 0.2) is 18.2 Å².